The van der Waals surface area contributed by atoms with Crippen molar-refractivity contribution in [3.8, 4) is 23.1 Å². The van der Waals surface area contributed by atoms with Crippen molar-refractivity contribution in [1.29, 1.82) is 0 Å². The van der Waals surface area contributed by atoms with Crippen LogP contribution >= 0.6 is 0 Å². The highest BCUT2D eigenvalue weighted by Crippen LogP contribution is 2.28. The predicted octanol–water partition coefficient (Wildman–Crippen LogP) is 2.90. The van der Waals surface area contributed by atoms with E-state index in [1.807, 2.05) is 54.2 Å². The minimum atomic E-state index is 0.273. The maximum atomic E-state index is 5.55. The molecular weight excluding hydrogens is 370 g/mol. The van der Waals surface area contributed by atoms with E-state index in [9.17, 15) is 0 Å². The number of benzene rings is 1. The summed E-state index contributed by atoms with van der Waals surface area (Å²) in [5.41, 5.74) is 3.46. The van der Waals surface area contributed by atoms with Gasteiger partial charge in [0.15, 0.2) is 5.69 Å². The first-order valence-electron chi connectivity index (χ1n) is 9.69. The Morgan fingerprint density at radius 2 is 1.97 bits per heavy atom. The molecular formula is C20H21N7O2. The summed E-state index contributed by atoms with van der Waals surface area (Å²) in [6.07, 6.45) is 3.66. The van der Waals surface area contributed by atoms with Gasteiger partial charge in [-0.3, -0.25) is 4.68 Å². The van der Waals surface area contributed by atoms with E-state index in [0.717, 1.165) is 43.0 Å². The molecule has 4 heterocycles. The molecule has 1 aromatic carbocycles. The zero-order valence-corrected chi connectivity index (χ0v) is 16.1. The summed E-state index contributed by atoms with van der Waals surface area (Å²) in [5, 5.41) is 17.1. The Labute approximate surface area is 167 Å². The van der Waals surface area contributed by atoms with Crippen LogP contribution in [-0.4, -0.2) is 48.1 Å². The zero-order valence-electron chi connectivity index (χ0n) is 16.1. The topological polar surface area (TPSA) is 96.7 Å². The van der Waals surface area contributed by atoms with Crippen LogP contribution in [0.4, 0.5) is 0 Å². The molecule has 148 valence electrons. The first-order chi connectivity index (χ1) is 14.3. The Kier molecular flexibility index (Phi) is 4.65. The lowest BCUT2D eigenvalue weighted by Gasteiger charge is -2.23. The van der Waals surface area contributed by atoms with E-state index in [1.165, 1.54) is 0 Å². The second-order valence-electron chi connectivity index (χ2n) is 7.17. The summed E-state index contributed by atoms with van der Waals surface area (Å²) in [7, 11) is 0. The standard InChI is InChI=1S/C20H21N7O2/c1-14-11-18(27(23-14)16-7-9-28-10-8-16)20-21-19(24-29-20)17-13-26(25-22-17)12-15-5-3-2-4-6-15/h2-6,11,13,16H,7-10,12H2,1H3. The fraction of sp³-hybridized carbons (Fsp3) is 0.350. The lowest BCUT2D eigenvalue weighted by molar-refractivity contribution is 0.0665. The van der Waals surface area contributed by atoms with Crippen molar-refractivity contribution >= 4 is 0 Å². The van der Waals surface area contributed by atoms with Crippen LogP contribution in [-0.2, 0) is 11.3 Å². The highest BCUT2D eigenvalue weighted by molar-refractivity contribution is 5.54. The van der Waals surface area contributed by atoms with E-state index in [4.69, 9.17) is 9.26 Å². The molecule has 0 amide bonds. The molecule has 0 N–H and O–H groups in total. The number of aromatic nitrogens is 7. The van der Waals surface area contributed by atoms with E-state index >= 15 is 0 Å². The van der Waals surface area contributed by atoms with Crippen LogP contribution in [0.1, 0.15) is 30.1 Å². The summed E-state index contributed by atoms with van der Waals surface area (Å²) >= 11 is 0. The van der Waals surface area contributed by atoms with Gasteiger partial charge in [-0.05, 0) is 31.4 Å². The lowest BCUT2D eigenvalue weighted by atomic mass is 10.1. The molecule has 0 saturated carbocycles. The number of nitrogens with zero attached hydrogens (tertiary/aromatic N) is 7. The van der Waals surface area contributed by atoms with Gasteiger partial charge in [0.25, 0.3) is 5.89 Å². The second-order valence-corrected chi connectivity index (χ2v) is 7.17. The van der Waals surface area contributed by atoms with Gasteiger partial charge in [0.2, 0.25) is 5.82 Å². The van der Waals surface area contributed by atoms with Crippen LogP contribution in [0, 0.1) is 6.92 Å². The van der Waals surface area contributed by atoms with Gasteiger partial charge in [-0.15, -0.1) is 5.10 Å². The third-order valence-corrected chi connectivity index (χ3v) is 4.99. The van der Waals surface area contributed by atoms with Crippen LogP contribution < -0.4 is 0 Å². The van der Waals surface area contributed by atoms with Crippen molar-refractivity contribution in [2.75, 3.05) is 13.2 Å². The van der Waals surface area contributed by atoms with Gasteiger partial charge < -0.3 is 9.26 Å². The van der Waals surface area contributed by atoms with Crippen molar-refractivity contribution < 1.29 is 9.26 Å². The van der Waals surface area contributed by atoms with Gasteiger partial charge in [-0.25, -0.2) is 4.68 Å². The number of ether oxygens (including phenoxy) is 1. The molecule has 0 bridgehead atoms. The predicted molar refractivity (Wildman–Crippen MR) is 104 cm³/mol. The van der Waals surface area contributed by atoms with Crippen LogP contribution in [0.2, 0.25) is 0 Å². The minimum absolute atomic E-state index is 0.273. The molecule has 4 aromatic rings. The second kappa shape index (κ2) is 7.59. The van der Waals surface area contributed by atoms with Crippen molar-refractivity contribution in [2.45, 2.75) is 32.4 Å². The van der Waals surface area contributed by atoms with Crippen molar-refractivity contribution in [3.63, 3.8) is 0 Å². The Morgan fingerprint density at radius 3 is 2.79 bits per heavy atom. The average molecular weight is 391 g/mol. The largest absolute Gasteiger partial charge is 0.381 e. The number of aryl methyl sites for hydroxylation is 1. The van der Waals surface area contributed by atoms with E-state index in [1.54, 1.807) is 4.68 Å². The summed E-state index contributed by atoms with van der Waals surface area (Å²) in [6.45, 7) is 4.07. The number of rotatable bonds is 5. The normalized spacial score (nSPS) is 15.1. The highest BCUT2D eigenvalue weighted by Gasteiger charge is 2.24. The highest BCUT2D eigenvalue weighted by atomic mass is 16.5. The molecule has 9 heteroatoms. The number of hydrogen-bond acceptors (Lipinski definition) is 7. The summed E-state index contributed by atoms with van der Waals surface area (Å²) in [5.74, 6) is 0.849. The first kappa shape index (κ1) is 17.7. The van der Waals surface area contributed by atoms with E-state index < -0.39 is 0 Å². The maximum Gasteiger partial charge on any atom is 0.276 e. The maximum absolute atomic E-state index is 5.55. The van der Waals surface area contributed by atoms with Gasteiger partial charge in [-0.2, -0.15) is 10.1 Å². The van der Waals surface area contributed by atoms with Crippen LogP contribution in [0.3, 0.4) is 0 Å². The van der Waals surface area contributed by atoms with Gasteiger partial charge in [0.1, 0.15) is 5.69 Å². The van der Waals surface area contributed by atoms with Crippen molar-refractivity contribution in [1.82, 2.24) is 34.9 Å². The Morgan fingerprint density at radius 1 is 1.14 bits per heavy atom. The quantitative estimate of drug-likeness (QED) is 0.516. The fourth-order valence-corrected chi connectivity index (χ4v) is 3.56. The summed E-state index contributed by atoms with van der Waals surface area (Å²) < 4.78 is 14.8. The van der Waals surface area contributed by atoms with Crippen molar-refractivity contribution in [3.05, 3.63) is 53.9 Å². The summed E-state index contributed by atoms with van der Waals surface area (Å²) in [6, 6.07) is 12.3. The Hall–Kier alpha value is -3.33. The van der Waals surface area contributed by atoms with Gasteiger partial charge in [0.05, 0.1) is 24.5 Å². The molecule has 0 aliphatic carbocycles. The van der Waals surface area contributed by atoms with E-state index in [0.29, 0.717) is 24.0 Å². The molecule has 1 saturated heterocycles. The molecule has 1 fully saturated rings. The fourth-order valence-electron chi connectivity index (χ4n) is 3.56. The third-order valence-electron chi connectivity index (χ3n) is 4.99. The third kappa shape index (κ3) is 3.68. The molecule has 0 spiro atoms. The first-order valence-corrected chi connectivity index (χ1v) is 9.69. The molecule has 3 aromatic heterocycles. The molecule has 1 aliphatic heterocycles. The molecule has 5 rings (SSSR count). The zero-order chi connectivity index (χ0) is 19.6. The van der Waals surface area contributed by atoms with E-state index in [-0.39, 0.29) is 6.04 Å². The van der Waals surface area contributed by atoms with E-state index in [2.05, 4.69) is 25.6 Å². The molecule has 0 radical (unpaired) electrons. The minimum Gasteiger partial charge on any atom is -0.381 e. The van der Waals surface area contributed by atoms with Crippen LogP contribution in [0.15, 0.2) is 47.1 Å². The van der Waals surface area contributed by atoms with Gasteiger partial charge in [-0.1, -0.05) is 40.7 Å². The molecule has 9 nitrogen and oxygen atoms in total. The lowest BCUT2D eigenvalue weighted by Crippen LogP contribution is -2.21. The SMILES string of the molecule is Cc1cc(-c2nc(-c3cn(Cc4ccccc4)nn3)no2)n(C2CCOCC2)n1. The summed E-state index contributed by atoms with van der Waals surface area (Å²) in [4.78, 5) is 4.55. The Balaban J connectivity index is 1.39. The van der Waals surface area contributed by atoms with Crippen LogP contribution in [0.5, 0.6) is 0 Å². The number of hydrogen-bond donors (Lipinski definition) is 0. The molecule has 29 heavy (non-hydrogen) atoms. The average Bonchev–Trinajstić information content (AvgIpc) is 3.49. The van der Waals surface area contributed by atoms with Gasteiger partial charge >= 0.3 is 0 Å². The van der Waals surface area contributed by atoms with Gasteiger partial charge in [0, 0.05) is 13.2 Å². The smallest absolute Gasteiger partial charge is 0.276 e. The monoisotopic (exact) mass is 391 g/mol. The molecule has 0 atom stereocenters. The molecule has 0 unspecified atom stereocenters. The Bertz CT molecular complexity index is 1090. The molecule has 1 aliphatic rings. The van der Waals surface area contributed by atoms with Crippen molar-refractivity contribution in [2.24, 2.45) is 0 Å². The van der Waals surface area contributed by atoms with Crippen LogP contribution in [0.25, 0.3) is 23.1 Å².